The Kier molecular flexibility index (Phi) is 4.94. The second kappa shape index (κ2) is 7.91. The minimum absolute atomic E-state index is 0.00602. The second-order valence-electron chi connectivity index (χ2n) is 7.85. The van der Waals surface area contributed by atoms with Crippen molar-refractivity contribution in [1.82, 2.24) is 24.2 Å². The summed E-state index contributed by atoms with van der Waals surface area (Å²) < 4.78 is 5.24. The fourth-order valence-electron chi connectivity index (χ4n) is 4.55. The van der Waals surface area contributed by atoms with E-state index in [1.54, 1.807) is 9.13 Å². The van der Waals surface area contributed by atoms with Crippen LogP contribution in [0.15, 0.2) is 59.4 Å². The minimum atomic E-state index is -0.192. The SMILES string of the molecule is CCn1c(=O)n(CC(=O)NCc2nn(-c3ccccc3)c3c2CCC3)c2ccccc21. The minimum Gasteiger partial charge on any atom is -0.349 e. The maximum atomic E-state index is 12.8. The molecule has 31 heavy (non-hydrogen) atoms. The van der Waals surface area contributed by atoms with Crippen LogP contribution in [0.4, 0.5) is 0 Å². The molecule has 2 aromatic carbocycles. The van der Waals surface area contributed by atoms with E-state index >= 15 is 0 Å². The van der Waals surface area contributed by atoms with Crippen LogP contribution in [-0.2, 0) is 37.3 Å². The van der Waals surface area contributed by atoms with E-state index in [0.717, 1.165) is 41.7 Å². The van der Waals surface area contributed by atoms with Gasteiger partial charge < -0.3 is 5.32 Å². The summed E-state index contributed by atoms with van der Waals surface area (Å²) in [6, 6.07) is 17.7. The molecular formula is C24H25N5O2. The van der Waals surface area contributed by atoms with Crippen molar-refractivity contribution in [3.63, 3.8) is 0 Å². The summed E-state index contributed by atoms with van der Waals surface area (Å²) >= 11 is 0. The van der Waals surface area contributed by atoms with Crippen LogP contribution in [0.3, 0.4) is 0 Å². The number of aromatic nitrogens is 4. The van der Waals surface area contributed by atoms with Gasteiger partial charge in [-0.15, -0.1) is 0 Å². The molecule has 0 aliphatic heterocycles. The fourth-order valence-corrected chi connectivity index (χ4v) is 4.55. The molecule has 0 unspecified atom stereocenters. The molecule has 1 aliphatic carbocycles. The predicted molar refractivity (Wildman–Crippen MR) is 119 cm³/mol. The van der Waals surface area contributed by atoms with E-state index in [0.29, 0.717) is 13.1 Å². The molecule has 2 heterocycles. The van der Waals surface area contributed by atoms with E-state index in [4.69, 9.17) is 5.10 Å². The summed E-state index contributed by atoms with van der Waals surface area (Å²) in [4.78, 5) is 25.5. The molecule has 7 nitrogen and oxygen atoms in total. The van der Waals surface area contributed by atoms with Crippen LogP contribution in [0.1, 0.15) is 30.3 Å². The van der Waals surface area contributed by atoms with Gasteiger partial charge in [-0.1, -0.05) is 30.3 Å². The topological polar surface area (TPSA) is 73.8 Å². The largest absolute Gasteiger partial charge is 0.349 e. The molecule has 0 spiro atoms. The van der Waals surface area contributed by atoms with Gasteiger partial charge in [0.2, 0.25) is 5.91 Å². The van der Waals surface area contributed by atoms with Gasteiger partial charge in [0.15, 0.2) is 0 Å². The fraction of sp³-hybridized carbons (Fsp3) is 0.292. The molecule has 0 bridgehead atoms. The molecule has 1 N–H and O–H groups in total. The quantitative estimate of drug-likeness (QED) is 0.526. The highest BCUT2D eigenvalue weighted by Gasteiger charge is 2.23. The Hall–Kier alpha value is -3.61. The molecule has 7 heteroatoms. The number of rotatable bonds is 6. The van der Waals surface area contributed by atoms with Crippen molar-refractivity contribution < 1.29 is 4.79 Å². The van der Waals surface area contributed by atoms with Gasteiger partial charge in [-0.2, -0.15) is 5.10 Å². The number of nitrogens with one attached hydrogen (secondary N) is 1. The van der Waals surface area contributed by atoms with Crippen molar-refractivity contribution in [2.45, 2.75) is 45.8 Å². The first kappa shape index (κ1) is 19.4. The first-order valence-corrected chi connectivity index (χ1v) is 10.8. The molecule has 0 atom stereocenters. The Labute approximate surface area is 179 Å². The van der Waals surface area contributed by atoms with Crippen LogP contribution < -0.4 is 11.0 Å². The van der Waals surface area contributed by atoms with Crippen LogP contribution in [-0.4, -0.2) is 24.8 Å². The molecule has 0 saturated heterocycles. The van der Waals surface area contributed by atoms with Crippen molar-refractivity contribution >= 4 is 16.9 Å². The lowest BCUT2D eigenvalue weighted by Gasteiger charge is -2.06. The number of benzene rings is 2. The van der Waals surface area contributed by atoms with Crippen LogP contribution in [0.5, 0.6) is 0 Å². The van der Waals surface area contributed by atoms with E-state index in [1.807, 2.05) is 66.2 Å². The molecule has 5 rings (SSSR count). The van der Waals surface area contributed by atoms with Crippen LogP contribution in [0, 0.1) is 0 Å². The Bertz CT molecular complexity index is 1310. The van der Waals surface area contributed by atoms with Crippen molar-refractivity contribution in [3.8, 4) is 5.69 Å². The standard InChI is InChI=1S/C24H25N5O2/c1-2-27-21-12-6-7-13-22(21)28(24(27)31)16-23(30)25-15-19-18-11-8-14-20(18)29(26-19)17-9-4-3-5-10-17/h3-7,9-10,12-13H,2,8,11,14-16H2,1H3,(H,25,30). The van der Waals surface area contributed by atoms with E-state index in [1.165, 1.54) is 11.3 Å². The molecule has 2 aromatic heterocycles. The summed E-state index contributed by atoms with van der Waals surface area (Å²) in [5, 5.41) is 7.77. The Balaban J connectivity index is 1.36. The number of aryl methyl sites for hydroxylation is 1. The van der Waals surface area contributed by atoms with Gasteiger partial charge in [-0.25, -0.2) is 9.48 Å². The number of para-hydroxylation sites is 3. The maximum Gasteiger partial charge on any atom is 0.329 e. The number of amides is 1. The summed E-state index contributed by atoms with van der Waals surface area (Å²) in [5.41, 5.74) is 5.89. The van der Waals surface area contributed by atoms with Crippen LogP contribution in [0.2, 0.25) is 0 Å². The summed E-state index contributed by atoms with van der Waals surface area (Å²) in [7, 11) is 0. The molecule has 158 valence electrons. The lowest BCUT2D eigenvalue weighted by molar-refractivity contribution is -0.121. The van der Waals surface area contributed by atoms with Crippen LogP contribution in [0.25, 0.3) is 16.7 Å². The first-order chi connectivity index (χ1) is 15.2. The normalized spacial score (nSPS) is 12.9. The number of hydrogen-bond acceptors (Lipinski definition) is 3. The van der Waals surface area contributed by atoms with Crippen molar-refractivity contribution in [2.75, 3.05) is 0 Å². The van der Waals surface area contributed by atoms with E-state index in [9.17, 15) is 9.59 Å². The lowest BCUT2D eigenvalue weighted by Crippen LogP contribution is -2.33. The first-order valence-electron chi connectivity index (χ1n) is 10.8. The Morgan fingerprint density at radius 1 is 1.00 bits per heavy atom. The average Bonchev–Trinajstić information content (AvgIpc) is 3.47. The molecule has 0 radical (unpaired) electrons. The second-order valence-corrected chi connectivity index (χ2v) is 7.85. The van der Waals surface area contributed by atoms with Crippen molar-refractivity contribution in [3.05, 3.63) is 82.0 Å². The van der Waals surface area contributed by atoms with E-state index in [-0.39, 0.29) is 18.1 Å². The van der Waals surface area contributed by atoms with Gasteiger partial charge in [-0.05, 0) is 56.0 Å². The molecule has 4 aromatic rings. The maximum absolute atomic E-state index is 12.8. The highest BCUT2D eigenvalue weighted by Crippen LogP contribution is 2.27. The predicted octanol–water partition coefficient (Wildman–Crippen LogP) is 2.81. The number of hydrogen-bond donors (Lipinski definition) is 1. The number of nitrogens with zero attached hydrogens (tertiary/aromatic N) is 4. The van der Waals surface area contributed by atoms with Gasteiger partial charge in [0.25, 0.3) is 0 Å². The van der Waals surface area contributed by atoms with E-state index in [2.05, 4.69) is 5.32 Å². The smallest absolute Gasteiger partial charge is 0.329 e. The van der Waals surface area contributed by atoms with Gasteiger partial charge >= 0.3 is 5.69 Å². The van der Waals surface area contributed by atoms with Gasteiger partial charge in [-0.3, -0.25) is 13.9 Å². The number of imidazole rings is 1. The number of fused-ring (bicyclic) bond motifs is 2. The molecule has 0 saturated carbocycles. The molecule has 1 amide bonds. The third kappa shape index (κ3) is 3.36. The van der Waals surface area contributed by atoms with Gasteiger partial charge in [0, 0.05) is 12.2 Å². The monoisotopic (exact) mass is 415 g/mol. The molecule has 0 fully saturated rings. The average molecular weight is 415 g/mol. The zero-order valence-electron chi connectivity index (χ0n) is 17.5. The number of carbonyl (C=O) groups is 1. The summed E-state index contributed by atoms with van der Waals surface area (Å²) in [6.07, 6.45) is 3.08. The number of carbonyl (C=O) groups excluding carboxylic acids is 1. The van der Waals surface area contributed by atoms with Crippen molar-refractivity contribution in [2.24, 2.45) is 0 Å². The van der Waals surface area contributed by atoms with Gasteiger partial charge in [0.1, 0.15) is 6.54 Å². The third-order valence-electron chi connectivity index (χ3n) is 6.01. The van der Waals surface area contributed by atoms with E-state index < -0.39 is 0 Å². The molecule has 1 aliphatic rings. The lowest BCUT2D eigenvalue weighted by atomic mass is 10.2. The zero-order chi connectivity index (χ0) is 21.4. The highest BCUT2D eigenvalue weighted by molar-refractivity contribution is 5.81. The Morgan fingerprint density at radius 2 is 1.71 bits per heavy atom. The van der Waals surface area contributed by atoms with Crippen LogP contribution >= 0.6 is 0 Å². The Morgan fingerprint density at radius 3 is 2.45 bits per heavy atom. The summed E-state index contributed by atoms with van der Waals surface area (Å²) in [5.74, 6) is -0.192. The zero-order valence-corrected chi connectivity index (χ0v) is 17.5. The summed E-state index contributed by atoms with van der Waals surface area (Å²) in [6.45, 7) is 2.86. The van der Waals surface area contributed by atoms with Crippen molar-refractivity contribution in [1.29, 1.82) is 0 Å². The third-order valence-corrected chi connectivity index (χ3v) is 6.01. The highest BCUT2D eigenvalue weighted by atomic mass is 16.2. The van der Waals surface area contributed by atoms with Gasteiger partial charge in [0.05, 0.1) is 29.0 Å². The molecular weight excluding hydrogens is 390 g/mol.